The van der Waals surface area contributed by atoms with Crippen LogP contribution >= 0.6 is 0 Å². The predicted molar refractivity (Wildman–Crippen MR) is 73.1 cm³/mol. The lowest BCUT2D eigenvalue weighted by molar-refractivity contribution is 0.943. The summed E-state index contributed by atoms with van der Waals surface area (Å²) in [7, 11) is 1.89. The number of hydrogen-bond donors (Lipinski definition) is 1. The quantitative estimate of drug-likeness (QED) is 0.716. The van der Waals surface area contributed by atoms with E-state index in [2.05, 4.69) is 9.97 Å². The summed E-state index contributed by atoms with van der Waals surface area (Å²) in [5.41, 5.74) is 8.44. The third kappa shape index (κ3) is 1.70. The molecule has 2 aromatic heterocycles. The van der Waals surface area contributed by atoms with Gasteiger partial charge in [0.15, 0.2) is 5.65 Å². The average molecular weight is 249 g/mol. The summed E-state index contributed by atoms with van der Waals surface area (Å²) < 4.78 is 1.88. The van der Waals surface area contributed by atoms with Crippen molar-refractivity contribution in [3.8, 4) is 17.5 Å². The second-order valence-electron chi connectivity index (χ2n) is 4.24. The Morgan fingerprint density at radius 2 is 1.95 bits per heavy atom. The van der Waals surface area contributed by atoms with Crippen molar-refractivity contribution in [2.75, 3.05) is 5.73 Å². The summed E-state index contributed by atoms with van der Waals surface area (Å²) in [6.07, 6.45) is 0. The summed E-state index contributed by atoms with van der Waals surface area (Å²) in [5.74, 6) is 1.04. The summed E-state index contributed by atoms with van der Waals surface area (Å²) >= 11 is 0. The molecule has 0 unspecified atom stereocenters. The molecule has 0 aliphatic rings. The van der Waals surface area contributed by atoms with Gasteiger partial charge in [0.05, 0.1) is 5.56 Å². The molecule has 0 aliphatic carbocycles. The molecule has 0 fully saturated rings. The minimum absolute atomic E-state index is 0.234. The number of pyridine rings is 1. The number of aryl methyl sites for hydroxylation is 1. The van der Waals surface area contributed by atoms with Crippen LogP contribution in [-0.2, 0) is 7.05 Å². The molecule has 92 valence electrons. The van der Waals surface area contributed by atoms with Crippen LogP contribution in [0.3, 0.4) is 0 Å². The highest BCUT2D eigenvalue weighted by Gasteiger charge is 2.13. The van der Waals surface area contributed by atoms with Gasteiger partial charge in [0.25, 0.3) is 0 Å². The van der Waals surface area contributed by atoms with Crippen molar-refractivity contribution in [2.24, 2.45) is 7.05 Å². The van der Waals surface area contributed by atoms with Gasteiger partial charge in [0.1, 0.15) is 23.2 Å². The van der Waals surface area contributed by atoms with Gasteiger partial charge in [-0.25, -0.2) is 9.97 Å². The number of imidazole rings is 1. The van der Waals surface area contributed by atoms with Crippen LogP contribution in [0.15, 0.2) is 36.4 Å². The van der Waals surface area contributed by atoms with E-state index in [4.69, 9.17) is 11.0 Å². The highest BCUT2D eigenvalue weighted by Crippen LogP contribution is 2.24. The fourth-order valence-corrected chi connectivity index (χ4v) is 2.06. The van der Waals surface area contributed by atoms with Crippen molar-refractivity contribution in [3.63, 3.8) is 0 Å². The first-order valence-electron chi connectivity index (χ1n) is 5.79. The molecule has 2 heterocycles. The lowest BCUT2D eigenvalue weighted by Gasteiger charge is -2.01. The number of hydrogen-bond acceptors (Lipinski definition) is 4. The zero-order valence-electron chi connectivity index (χ0n) is 10.3. The number of fused-ring (bicyclic) bond motifs is 1. The van der Waals surface area contributed by atoms with Gasteiger partial charge in [-0.15, -0.1) is 0 Å². The van der Waals surface area contributed by atoms with E-state index in [0.29, 0.717) is 16.7 Å². The van der Waals surface area contributed by atoms with Gasteiger partial charge in [-0.2, -0.15) is 5.26 Å². The number of benzene rings is 1. The van der Waals surface area contributed by atoms with E-state index in [9.17, 15) is 0 Å². The summed E-state index contributed by atoms with van der Waals surface area (Å²) in [4.78, 5) is 8.77. The highest BCUT2D eigenvalue weighted by atomic mass is 15.1. The van der Waals surface area contributed by atoms with E-state index >= 15 is 0 Å². The van der Waals surface area contributed by atoms with E-state index in [1.807, 2.05) is 48.0 Å². The van der Waals surface area contributed by atoms with Crippen LogP contribution in [0.1, 0.15) is 5.56 Å². The van der Waals surface area contributed by atoms with Crippen LogP contribution in [0.2, 0.25) is 0 Å². The Bertz CT molecular complexity index is 796. The molecular formula is C14H11N5. The maximum absolute atomic E-state index is 8.97. The smallest absolute Gasteiger partial charge is 0.162 e. The van der Waals surface area contributed by atoms with Crippen LogP contribution in [0.4, 0.5) is 5.82 Å². The fourth-order valence-electron chi connectivity index (χ4n) is 2.06. The summed E-state index contributed by atoms with van der Waals surface area (Å²) in [5, 5.41) is 8.97. The van der Waals surface area contributed by atoms with Crippen molar-refractivity contribution >= 4 is 17.0 Å². The van der Waals surface area contributed by atoms with E-state index in [0.717, 1.165) is 11.4 Å². The van der Waals surface area contributed by atoms with Gasteiger partial charge in [-0.1, -0.05) is 30.3 Å². The summed E-state index contributed by atoms with van der Waals surface area (Å²) in [6.45, 7) is 0. The van der Waals surface area contributed by atoms with Gasteiger partial charge in [0.2, 0.25) is 0 Å². The molecule has 3 rings (SSSR count). The molecule has 0 saturated heterocycles. The zero-order valence-corrected chi connectivity index (χ0v) is 10.3. The normalized spacial score (nSPS) is 10.5. The number of nitrogens with two attached hydrogens (primary N) is 1. The predicted octanol–water partition coefficient (Wildman–Crippen LogP) is 2.09. The van der Waals surface area contributed by atoms with Gasteiger partial charge < -0.3 is 10.3 Å². The molecule has 0 bridgehead atoms. The Hall–Kier alpha value is -2.87. The number of nitrogen functional groups attached to an aromatic ring is 1. The van der Waals surface area contributed by atoms with E-state index in [1.54, 1.807) is 6.07 Å². The topological polar surface area (TPSA) is 80.5 Å². The molecule has 0 saturated carbocycles. The van der Waals surface area contributed by atoms with Gasteiger partial charge in [-0.05, 0) is 6.07 Å². The van der Waals surface area contributed by atoms with Crippen molar-refractivity contribution in [1.82, 2.24) is 14.5 Å². The molecule has 5 nitrogen and oxygen atoms in total. The molecule has 0 radical (unpaired) electrons. The Labute approximate surface area is 109 Å². The molecule has 3 aromatic rings. The Balaban J connectivity index is 2.30. The van der Waals surface area contributed by atoms with Crippen LogP contribution in [-0.4, -0.2) is 14.5 Å². The van der Waals surface area contributed by atoms with Crippen LogP contribution in [0.25, 0.3) is 22.6 Å². The Morgan fingerprint density at radius 1 is 1.21 bits per heavy atom. The molecule has 1 aromatic carbocycles. The first kappa shape index (κ1) is 11.2. The van der Waals surface area contributed by atoms with Crippen LogP contribution in [0.5, 0.6) is 0 Å². The zero-order chi connectivity index (χ0) is 13.4. The lowest BCUT2D eigenvalue weighted by atomic mass is 10.2. The highest BCUT2D eigenvalue weighted by molar-refractivity contribution is 5.80. The third-order valence-corrected chi connectivity index (χ3v) is 3.03. The van der Waals surface area contributed by atoms with E-state index in [1.165, 1.54) is 0 Å². The second kappa shape index (κ2) is 4.10. The molecular weight excluding hydrogens is 238 g/mol. The standard InChI is InChI=1S/C14H11N5/c1-19-13(9-5-3-2-4-6-9)17-11-7-10(8-15)12(16)18-14(11)19/h2-7H,1H3,(H2,16,18). The van der Waals surface area contributed by atoms with Crippen molar-refractivity contribution < 1.29 is 0 Å². The first-order chi connectivity index (χ1) is 9.20. The van der Waals surface area contributed by atoms with E-state index in [-0.39, 0.29) is 5.82 Å². The number of anilines is 1. The number of aromatic nitrogens is 3. The molecule has 5 heteroatoms. The maximum atomic E-state index is 8.97. The lowest BCUT2D eigenvalue weighted by Crippen LogP contribution is -1.98. The summed E-state index contributed by atoms with van der Waals surface area (Å²) in [6, 6.07) is 13.5. The van der Waals surface area contributed by atoms with Gasteiger partial charge in [-0.3, -0.25) is 0 Å². The van der Waals surface area contributed by atoms with Crippen molar-refractivity contribution in [1.29, 1.82) is 5.26 Å². The molecule has 0 aliphatic heterocycles. The van der Waals surface area contributed by atoms with Crippen molar-refractivity contribution in [3.05, 3.63) is 42.0 Å². The van der Waals surface area contributed by atoms with E-state index < -0.39 is 0 Å². The van der Waals surface area contributed by atoms with Crippen LogP contribution in [0, 0.1) is 11.3 Å². The molecule has 0 atom stereocenters. The average Bonchev–Trinajstić information content (AvgIpc) is 2.76. The number of nitriles is 1. The molecule has 19 heavy (non-hydrogen) atoms. The number of rotatable bonds is 1. The number of nitrogens with zero attached hydrogens (tertiary/aromatic N) is 4. The minimum Gasteiger partial charge on any atom is -0.383 e. The monoisotopic (exact) mass is 249 g/mol. The molecule has 0 spiro atoms. The minimum atomic E-state index is 0.234. The fraction of sp³-hybridized carbons (Fsp3) is 0.0714. The van der Waals surface area contributed by atoms with Crippen LogP contribution < -0.4 is 5.73 Å². The Morgan fingerprint density at radius 3 is 2.63 bits per heavy atom. The maximum Gasteiger partial charge on any atom is 0.162 e. The Kier molecular flexibility index (Phi) is 2.43. The largest absolute Gasteiger partial charge is 0.383 e. The van der Waals surface area contributed by atoms with Gasteiger partial charge in [0, 0.05) is 12.6 Å². The molecule has 0 amide bonds. The first-order valence-corrected chi connectivity index (χ1v) is 5.79. The molecule has 2 N–H and O–H groups in total. The second-order valence-corrected chi connectivity index (χ2v) is 4.24. The third-order valence-electron chi connectivity index (χ3n) is 3.03. The van der Waals surface area contributed by atoms with Gasteiger partial charge >= 0.3 is 0 Å². The SMILES string of the molecule is Cn1c(-c2ccccc2)nc2cc(C#N)c(N)nc21. The van der Waals surface area contributed by atoms with Crippen molar-refractivity contribution in [2.45, 2.75) is 0 Å².